The minimum absolute atomic E-state index is 0.0454. The third kappa shape index (κ3) is 8.43. The smallest absolute Gasteiger partial charge is 0.254 e. The first kappa shape index (κ1) is 25.6. The lowest BCUT2D eigenvalue weighted by Gasteiger charge is -2.21. The van der Waals surface area contributed by atoms with E-state index >= 15 is 0 Å². The molecule has 1 aromatic carbocycles. The van der Waals surface area contributed by atoms with E-state index in [1.807, 2.05) is 24.3 Å². The standard InChI is InChI=1S/C26H39N7O/c1-3-16-32(17-4-2)18-6-5-11-27-19-22-7-9-23(10-8-22)26(34)33(20-24-28-12-13-29-24)21-25-30-14-15-31-25/h7-10,12-15,27H,3-6,11,16-21H2,1-2H3,(H,28,29)(H,30,31). The molecule has 2 aromatic heterocycles. The lowest BCUT2D eigenvalue weighted by atomic mass is 10.1. The largest absolute Gasteiger partial charge is 0.347 e. The molecule has 3 rings (SSSR count). The van der Waals surface area contributed by atoms with Gasteiger partial charge in [-0.2, -0.15) is 0 Å². The highest BCUT2D eigenvalue weighted by molar-refractivity contribution is 5.94. The number of benzene rings is 1. The summed E-state index contributed by atoms with van der Waals surface area (Å²) in [5, 5.41) is 3.53. The van der Waals surface area contributed by atoms with Gasteiger partial charge in [-0.15, -0.1) is 0 Å². The molecule has 0 aliphatic heterocycles. The van der Waals surface area contributed by atoms with Crippen LogP contribution in [-0.4, -0.2) is 61.8 Å². The van der Waals surface area contributed by atoms with Crippen molar-refractivity contribution >= 4 is 5.91 Å². The number of aromatic amines is 2. The van der Waals surface area contributed by atoms with Crippen LogP contribution < -0.4 is 5.32 Å². The average Bonchev–Trinajstić information content (AvgIpc) is 3.56. The minimum Gasteiger partial charge on any atom is -0.347 e. The van der Waals surface area contributed by atoms with Crippen molar-refractivity contribution in [2.45, 2.75) is 59.2 Å². The highest BCUT2D eigenvalue weighted by Crippen LogP contribution is 2.12. The Morgan fingerprint density at radius 3 is 2.03 bits per heavy atom. The lowest BCUT2D eigenvalue weighted by molar-refractivity contribution is 0.0721. The van der Waals surface area contributed by atoms with E-state index in [0.29, 0.717) is 18.7 Å². The molecule has 0 spiro atoms. The maximum atomic E-state index is 13.2. The van der Waals surface area contributed by atoms with Gasteiger partial charge in [0.15, 0.2) is 0 Å². The van der Waals surface area contributed by atoms with Gasteiger partial charge in [-0.1, -0.05) is 26.0 Å². The van der Waals surface area contributed by atoms with Crippen molar-refractivity contribution in [3.05, 3.63) is 71.8 Å². The van der Waals surface area contributed by atoms with Crippen molar-refractivity contribution in [2.24, 2.45) is 0 Å². The number of hydrogen-bond acceptors (Lipinski definition) is 5. The van der Waals surface area contributed by atoms with Crippen LogP contribution in [0.1, 0.15) is 67.1 Å². The molecule has 2 heterocycles. The van der Waals surface area contributed by atoms with Gasteiger partial charge in [-0.25, -0.2) is 9.97 Å². The number of aromatic nitrogens is 4. The minimum atomic E-state index is -0.0454. The summed E-state index contributed by atoms with van der Waals surface area (Å²) in [4.78, 5) is 32.2. The van der Waals surface area contributed by atoms with Crippen molar-refractivity contribution in [3.63, 3.8) is 0 Å². The van der Waals surface area contributed by atoms with E-state index in [-0.39, 0.29) is 5.91 Å². The fourth-order valence-corrected chi connectivity index (χ4v) is 4.06. The van der Waals surface area contributed by atoms with Crippen LogP contribution >= 0.6 is 0 Å². The van der Waals surface area contributed by atoms with Crippen LogP contribution in [0, 0.1) is 0 Å². The number of unbranched alkanes of at least 4 members (excludes halogenated alkanes) is 1. The maximum absolute atomic E-state index is 13.2. The molecule has 184 valence electrons. The fourth-order valence-electron chi connectivity index (χ4n) is 4.06. The van der Waals surface area contributed by atoms with Crippen molar-refractivity contribution in [1.29, 1.82) is 0 Å². The van der Waals surface area contributed by atoms with Crippen molar-refractivity contribution < 1.29 is 4.79 Å². The van der Waals surface area contributed by atoms with Gasteiger partial charge >= 0.3 is 0 Å². The fraction of sp³-hybridized carbons (Fsp3) is 0.500. The first-order valence-corrected chi connectivity index (χ1v) is 12.5. The predicted octanol–water partition coefficient (Wildman–Crippen LogP) is 3.97. The van der Waals surface area contributed by atoms with Crippen LogP contribution in [0.25, 0.3) is 0 Å². The molecule has 0 unspecified atom stereocenters. The number of hydrogen-bond donors (Lipinski definition) is 3. The summed E-state index contributed by atoms with van der Waals surface area (Å²) in [5.41, 5.74) is 1.84. The van der Waals surface area contributed by atoms with Crippen LogP contribution in [0.15, 0.2) is 49.1 Å². The second-order valence-electron chi connectivity index (χ2n) is 8.66. The molecular weight excluding hydrogens is 426 g/mol. The molecule has 0 aliphatic rings. The Morgan fingerprint density at radius 2 is 1.50 bits per heavy atom. The van der Waals surface area contributed by atoms with Crippen LogP contribution in [0.3, 0.4) is 0 Å². The Labute approximate surface area is 203 Å². The van der Waals surface area contributed by atoms with Crippen molar-refractivity contribution in [3.8, 4) is 0 Å². The number of imidazole rings is 2. The second-order valence-corrected chi connectivity index (χ2v) is 8.66. The molecule has 3 aromatic rings. The van der Waals surface area contributed by atoms with E-state index in [1.165, 1.54) is 50.9 Å². The van der Waals surface area contributed by atoms with Gasteiger partial charge in [0.25, 0.3) is 5.91 Å². The molecule has 0 saturated heterocycles. The van der Waals surface area contributed by atoms with E-state index in [9.17, 15) is 4.79 Å². The van der Waals surface area contributed by atoms with Crippen molar-refractivity contribution in [2.75, 3.05) is 26.2 Å². The first-order valence-electron chi connectivity index (χ1n) is 12.5. The van der Waals surface area contributed by atoms with Gasteiger partial charge in [0.05, 0.1) is 13.1 Å². The topological polar surface area (TPSA) is 92.9 Å². The molecule has 1 amide bonds. The van der Waals surface area contributed by atoms with Gasteiger partial charge in [0.1, 0.15) is 11.6 Å². The number of nitrogens with one attached hydrogen (secondary N) is 3. The van der Waals surface area contributed by atoms with E-state index in [0.717, 1.165) is 24.7 Å². The number of H-pyrrole nitrogens is 2. The van der Waals surface area contributed by atoms with E-state index in [4.69, 9.17) is 0 Å². The highest BCUT2D eigenvalue weighted by Gasteiger charge is 2.18. The number of carbonyl (C=O) groups excluding carboxylic acids is 1. The Morgan fingerprint density at radius 1 is 0.882 bits per heavy atom. The lowest BCUT2D eigenvalue weighted by Crippen LogP contribution is -2.31. The zero-order valence-electron chi connectivity index (χ0n) is 20.6. The van der Waals surface area contributed by atoms with Crippen LogP contribution in [-0.2, 0) is 19.6 Å². The maximum Gasteiger partial charge on any atom is 0.254 e. The third-order valence-corrected chi connectivity index (χ3v) is 5.77. The summed E-state index contributed by atoms with van der Waals surface area (Å²) < 4.78 is 0. The number of carbonyl (C=O) groups is 1. The van der Waals surface area contributed by atoms with Gasteiger partial charge in [0.2, 0.25) is 0 Å². The summed E-state index contributed by atoms with van der Waals surface area (Å²) in [6.45, 7) is 10.7. The molecule has 8 heteroatoms. The summed E-state index contributed by atoms with van der Waals surface area (Å²) >= 11 is 0. The zero-order valence-corrected chi connectivity index (χ0v) is 20.6. The van der Waals surface area contributed by atoms with Gasteiger partial charge in [-0.05, 0) is 69.6 Å². The molecule has 34 heavy (non-hydrogen) atoms. The molecule has 0 saturated carbocycles. The molecule has 0 aliphatic carbocycles. The van der Waals surface area contributed by atoms with Gasteiger partial charge in [-0.3, -0.25) is 4.79 Å². The normalized spacial score (nSPS) is 11.3. The number of rotatable bonds is 16. The van der Waals surface area contributed by atoms with Crippen LogP contribution in [0.4, 0.5) is 0 Å². The Hall–Kier alpha value is -2.97. The third-order valence-electron chi connectivity index (χ3n) is 5.77. The molecule has 3 N–H and O–H groups in total. The molecule has 0 radical (unpaired) electrons. The monoisotopic (exact) mass is 465 g/mol. The number of amides is 1. The summed E-state index contributed by atoms with van der Waals surface area (Å²) in [7, 11) is 0. The predicted molar refractivity (Wildman–Crippen MR) is 135 cm³/mol. The Balaban J connectivity index is 1.46. The average molecular weight is 466 g/mol. The first-order chi connectivity index (χ1) is 16.7. The van der Waals surface area contributed by atoms with Crippen LogP contribution in [0.5, 0.6) is 0 Å². The molecular formula is C26H39N7O. The molecule has 0 atom stereocenters. The quantitative estimate of drug-likeness (QED) is 0.278. The number of nitrogens with zero attached hydrogens (tertiary/aromatic N) is 4. The van der Waals surface area contributed by atoms with E-state index in [1.54, 1.807) is 29.7 Å². The van der Waals surface area contributed by atoms with Crippen molar-refractivity contribution in [1.82, 2.24) is 35.1 Å². The highest BCUT2D eigenvalue weighted by atomic mass is 16.2. The van der Waals surface area contributed by atoms with E-state index in [2.05, 4.69) is 44.0 Å². The van der Waals surface area contributed by atoms with Gasteiger partial charge in [0, 0.05) is 36.9 Å². The summed E-state index contributed by atoms with van der Waals surface area (Å²) in [6, 6.07) is 7.87. The van der Waals surface area contributed by atoms with Crippen LogP contribution in [0.2, 0.25) is 0 Å². The summed E-state index contributed by atoms with van der Waals surface area (Å²) in [5.74, 6) is 1.44. The molecule has 0 bridgehead atoms. The Kier molecular flexibility index (Phi) is 10.8. The molecule has 0 fully saturated rings. The second kappa shape index (κ2) is 14.3. The zero-order chi connectivity index (χ0) is 24.0. The van der Waals surface area contributed by atoms with E-state index < -0.39 is 0 Å². The Bertz CT molecular complexity index is 880. The molecule has 8 nitrogen and oxygen atoms in total. The summed E-state index contributed by atoms with van der Waals surface area (Å²) in [6.07, 6.45) is 11.8. The van der Waals surface area contributed by atoms with Gasteiger partial charge < -0.3 is 25.1 Å². The SMILES string of the molecule is CCCN(CCC)CCCCNCc1ccc(C(=O)N(Cc2ncc[nH]2)Cc2ncc[nH]2)cc1.